The first-order chi connectivity index (χ1) is 13.4. The first-order valence-electron chi connectivity index (χ1n) is 8.83. The van der Waals surface area contributed by atoms with Crippen molar-refractivity contribution in [3.8, 4) is 0 Å². The van der Waals surface area contributed by atoms with Crippen molar-refractivity contribution in [3.05, 3.63) is 42.6 Å². The highest BCUT2D eigenvalue weighted by atomic mass is 32.2. The van der Waals surface area contributed by atoms with E-state index < -0.39 is 21.8 Å². The normalized spacial score (nSPS) is 18.1. The number of anilines is 3. The second-order valence-electron chi connectivity index (χ2n) is 6.56. The molecule has 0 saturated carbocycles. The molecule has 3 heterocycles. The Bertz CT molecular complexity index is 1020. The van der Waals surface area contributed by atoms with Crippen molar-refractivity contribution < 1.29 is 18.0 Å². The third-order valence-electron chi connectivity index (χ3n) is 4.71. The Morgan fingerprint density at radius 3 is 2.29 bits per heavy atom. The zero-order valence-electron chi connectivity index (χ0n) is 15.0. The van der Waals surface area contributed by atoms with Crippen LogP contribution >= 0.6 is 0 Å². The predicted molar refractivity (Wildman–Crippen MR) is 104 cm³/mol. The number of carbonyl (C=O) groups excluding carboxylic acids is 2. The van der Waals surface area contributed by atoms with Crippen LogP contribution in [0.1, 0.15) is 6.42 Å². The van der Waals surface area contributed by atoms with E-state index in [1.807, 2.05) is 23.1 Å². The van der Waals surface area contributed by atoms with Gasteiger partial charge in [-0.3, -0.25) is 9.59 Å². The lowest BCUT2D eigenvalue weighted by Crippen LogP contribution is -2.48. The number of fused-ring (bicyclic) bond motifs is 1. The second-order valence-corrected chi connectivity index (χ2v) is 8.50. The molecule has 0 unspecified atom stereocenters. The molecule has 4 rings (SSSR count). The molecule has 2 amide bonds. The van der Waals surface area contributed by atoms with E-state index in [0.717, 1.165) is 5.82 Å². The zero-order valence-corrected chi connectivity index (χ0v) is 15.8. The van der Waals surface area contributed by atoms with Crippen LogP contribution in [-0.4, -0.2) is 55.7 Å². The van der Waals surface area contributed by atoms with Crippen LogP contribution in [0, 0.1) is 0 Å². The summed E-state index contributed by atoms with van der Waals surface area (Å²) in [7, 11) is -3.72. The Morgan fingerprint density at radius 1 is 0.893 bits per heavy atom. The summed E-state index contributed by atoms with van der Waals surface area (Å²) in [6.45, 7) is 1.74. The molecule has 1 fully saturated rings. The molecule has 0 aliphatic carbocycles. The van der Waals surface area contributed by atoms with E-state index in [0.29, 0.717) is 31.9 Å². The molecule has 2 aromatic rings. The number of benzene rings is 1. The minimum Gasteiger partial charge on any atom is -0.354 e. The number of piperazine rings is 1. The molecule has 0 radical (unpaired) electrons. The first-order valence-corrected chi connectivity index (χ1v) is 10.3. The molecule has 2 aliphatic heterocycles. The number of carbonyl (C=O) groups is 2. The molecule has 2 N–H and O–H groups in total. The Kier molecular flexibility index (Phi) is 4.73. The summed E-state index contributed by atoms with van der Waals surface area (Å²) in [5.74, 6) is -0.0877. The van der Waals surface area contributed by atoms with Gasteiger partial charge in [0.05, 0.1) is 16.3 Å². The first kappa shape index (κ1) is 18.4. The van der Waals surface area contributed by atoms with Crippen molar-refractivity contribution in [2.75, 3.05) is 41.7 Å². The van der Waals surface area contributed by atoms with E-state index in [4.69, 9.17) is 0 Å². The number of nitrogens with one attached hydrogen (secondary N) is 2. The minimum absolute atomic E-state index is 0.0778. The third kappa shape index (κ3) is 3.56. The fourth-order valence-corrected chi connectivity index (χ4v) is 4.73. The molecule has 9 nitrogen and oxygen atoms in total. The van der Waals surface area contributed by atoms with Crippen LogP contribution in [0.25, 0.3) is 0 Å². The number of nitrogens with zero attached hydrogens (tertiary/aromatic N) is 3. The van der Waals surface area contributed by atoms with E-state index >= 15 is 0 Å². The summed E-state index contributed by atoms with van der Waals surface area (Å²) in [5, 5.41) is 5.17. The highest BCUT2D eigenvalue weighted by Crippen LogP contribution is 2.29. The number of hydrogen-bond donors (Lipinski definition) is 2. The van der Waals surface area contributed by atoms with Gasteiger partial charge in [-0.2, -0.15) is 4.31 Å². The second kappa shape index (κ2) is 7.21. The van der Waals surface area contributed by atoms with Gasteiger partial charge in [0.2, 0.25) is 21.8 Å². The molecule has 0 bridgehead atoms. The van der Waals surface area contributed by atoms with Gasteiger partial charge in [-0.1, -0.05) is 6.07 Å². The van der Waals surface area contributed by atoms with Crippen LogP contribution in [0.2, 0.25) is 0 Å². The van der Waals surface area contributed by atoms with E-state index in [-0.39, 0.29) is 17.0 Å². The fourth-order valence-electron chi connectivity index (χ4n) is 3.28. The summed E-state index contributed by atoms with van der Waals surface area (Å²) < 4.78 is 27.5. The van der Waals surface area contributed by atoms with Gasteiger partial charge < -0.3 is 15.5 Å². The summed E-state index contributed by atoms with van der Waals surface area (Å²) in [6.07, 6.45) is 1.41. The largest absolute Gasteiger partial charge is 0.354 e. The molecule has 2 aliphatic rings. The summed E-state index contributed by atoms with van der Waals surface area (Å²) in [5.41, 5.74) is 0.666. The average Bonchev–Trinajstić information content (AvgIpc) is 2.84. The lowest BCUT2D eigenvalue weighted by atomic mass is 10.2. The SMILES string of the molecule is O=C1CC(=O)Nc2cc(S(=O)(=O)N3CCN(c4ccccn4)CC3)ccc2N1. The Balaban J connectivity index is 1.53. The molecular formula is C18H19N5O4S. The Labute approximate surface area is 162 Å². The predicted octanol–water partition coefficient (Wildman–Crippen LogP) is 0.873. The Morgan fingerprint density at radius 2 is 1.61 bits per heavy atom. The standard InChI is InChI=1S/C18H19N5O4S/c24-17-12-18(25)21-15-11-13(4-5-14(15)20-17)28(26,27)23-9-7-22(8-10-23)16-3-1-2-6-19-16/h1-6,11H,7-10,12H2,(H,20,24)(H,21,25). The molecule has 1 aromatic heterocycles. The lowest BCUT2D eigenvalue weighted by Gasteiger charge is -2.34. The maximum Gasteiger partial charge on any atom is 0.243 e. The van der Waals surface area contributed by atoms with Crippen LogP contribution in [0.3, 0.4) is 0 Å². The van der Waals surface area contributed by atoms with Crippen LogP contribution < -0.4 is 15.5 Å². The third-order valence-corrected chi connectivity index (χ3v) is 6.60. The van der Waals surface area contributed by atoms with Gasteiger partial charge in [0, 0.05) is 32.4 Å². The topological polar surface area (TPSA) is 112 Å². The quantitative estimate of drug-likeness (QED) is 0.739. The van der Waals surface area contributed by atoms with Gasteiger partial charge >= 0.3 is 0 Å². The van der Waals surface area contributed by atoms with Crippen LogP contribution in [-0.2, 0) is 19.6 Å². The average molecular weight is 401 g/mol. The number of pyridine rings is 1. The van der Waals surface area contributed by atoms with Crippen molar-refractivity contribution in [2.45, 2.75) is 11.3 Å². The summed E-state index contributed by atoms with van der Waals surface area (Å²) in [4.78, 5) is 29.8. The molecule has 1 saturated heterocycles. The van der Waals surface area contributed by atoms with Crippen LogP contribution in [0.4, 0.5) is 17.2 Å². The van der Waals surface area contributed by atoms with Gasteiger partial charge in [0.1, 0.15) is 12.2 Å². The van der Waals surface area contributed by atoms with Gasteiger partial charge in [-0.15, -0.1) is 0 Å². The lowest BCUT2D eigenvalue weighted by molar-refractivity contribution is -0.123. The summed E-state index contributed by atoms with van der Waals surface area (Å²) in [6, 6.07) is 9.96. The fraction of sp³-hybridized carbons (Fsp3) is 0.278. The van der Waals surface area contributed by atoms with E-state index in [1.54, 1.807) is 6.20 Å². The van der Waals surface area contributed by atoms with Crippen molar-refractivity contribution in [1.29, 1.82) is 0 Å². The molecule has 146 valence electrons. The summed E-state index contributed by atoms with van der Waals surface area (Å²) >= 11 is 0. The van der Waals surface area contributed by atoms with E-state index in [2.05, 4.69) is 15.6 Å². The van der Waals surface area contributed by atoms with Crippen LogP contribution in [0.5, 0.6) is 0 Å². The number of aromatic nitrogens is 1. The zero-order chi connectivity index (χ0) is 19.7. The number of sulfonamides is 1. The van der Waals surface area contributed by atoms with E-state index in [9.17, 15) is 18.0 Å². The van der Waals surface area contributed by atoms with Crippen molar-refractivity contribution >= 4 is 39.0 Å². The number of rotatable bonds is 3. The van der Waals surface area contributed by atoms with Crippen molar-refractivity contribution in [3.63, 3.8) is 0 Å². The number of hydrogen-bond acceptors (Lipinski definition) is 6. The highest BCUT2D eigenvalue weighted by Gasteiger charge is 2.30. The molecule has 10 heteroatoms. The van der Waals surface area contributed by atoms with Gasteiger partial charge in [-0.25, -0.2) is 13.4 Å². The molecule has 0 spiro atoms. The minimum atomic E-state index is -3.72. The van der Waals surface area contributed by atoms with Gasteiger partial charge in [0.15, 0.2) is 0 Å². The molecule has 28 heavy (non-hydrogen) atoms. The van der Waals surface area contributed by atoms with Gasteiger partial charge in [-0.05, 0) is 30.3 Å². The highest BCUT2D eigenvalue weighted by molar-refractivity contribution is 7.89. The maximum atomic E-state index is 13.0. The van der Waals surface area contributed by atoms with Crippen molar-refractivity contribution in [1.82, 2.24) is 9.29 Å². The van der Waals surface area contributed by atoms with Crippen LogP contribution in [0.15, 0.2) is 47.5 Å². The van der Waals surface area contributed by atoms with E-state index in [1.165, 1.54) is 22.5 Å². The van der Waals surface area contributed by atoms with Crippen molar-refractivity contribution in [2.24, 2.45) is 0 Å². The molecule has 0 atom stereocenters. The number of amides is 2. The molecule has 1 aromatic carbocycles. The van der Waals surface area contributed by atoms with Gasteiger partial charge in [0.25, 0.3) is 0 Å². The molecular weight excluding hydrogens is 382 g/mol. The smallest absolute Gasteiger partial charge is 0.243 e. The maximum absolute atomic E-state index is 13.0. The Hall–Kier alpha value is -2.98. The monoisotopic (exact) mass is 401 g/mol.